The van der Waals surface area contributed by atoms with Gasteiger partial charge in [0.25, 0.3) is 5.56 Å². The minimum atomic E-state index is -1.32. The molecule has 0 spiro atoms. The van der Waals surface area contributed by atoms with E-state index < -0.39 is 73.5 Å². The second-order valence-electron chi connectivity index (χ2n) is 8.73. The van der Waals surface area contributed by atoms with Crippen LogP contribution >= 0.6 is 0 Å². The second kappa shape index (κ2) is 10.7. The topological polar surface area (TPSA) is 290 Å². The number of nitrogens with one attached hydrogen (secondary N) is 1. The van der Waals surface area contributed by atoms with Crippen molar-refractivity contribution in [2.45, 2.75) is 56.0 Å². The molecule has 0 amide bonds. The molecule has 2 aliphatic rings. The van der Waals surface area contributed by atoms with Crippen LogP contribution in [0, 0.1) is 6.92 Å². The molecule has 18 nitrogen and oxygen atoms in total. The van der Waals surface area contributed by atoms with E-state index in [4.69, 9.17) is 31.2 Å². The van der Waals surface area contributed by atoms with Gasteiger partial charge in [0.2, 0.25) is 5.95 Å². The highest BCUT2D eigenvalue weighted by Crippen LogP contribution is 2.31. The number of ether oxygens (including phenoxy) is 2. The summed E-state index contributed by atoms with van der Waals surface area (Å²) in [5, 5.41) is 57.1. The lowest BCUT2D eigenvalue weighted by Crippen LogP contribution is -2.36. The summed E-state index contributed by atoms with van der Waals surface area (Å²) in [6, 6.07) is 0. The average molecular weight is 540 g/mol. The van der Waals surface area contributed by atoms with E-state index >= 15 is 0 Å². The molecule has 38 heavy (non-hydrogen) atoms. The molecular weight excluding hydrogens is 512 g/mol. The largest absolute Gasteiger partial charge is 0.394 e. The molecule has 208 valence electrons. The lowest BCUT2D eigenvalue weighted by Gasteiger charge is -2.17. The van der Waals surface area contributed by atoms with E-state index in [1.807, 2.05) is 0 Å². The minimum Gasteiger partial charge on any atom is -0.394 e. The van der Waals surface area contributed by atoms with Crippen molar-refractivity contribution in [2.24, 2.45) is 0 Å². The zero-order valence-electron chi connectivity index (χ0n) is 19.9. The first kappa shape index (κ1) is 27.5. The molecule has 2 fully saturated rings. The van der Waals surface area contributed by atoms with Crippen molar-refractivity contribution in [3.63, 3.8) is 0 Å². The van der Waals surface area contributed by atoms with E-state index in [0.717, 1.165) is 4.57 Å². The number of aromatic amines is 1. The van der Waals surface area contributed by atoms with E-state index in [2.05, 4.69) is 19.9 Å². The molecular formula is C20H28N8O10. The van der Waals surface area contributed by atoms with E-state index in [1.165, 1.54) is 17.1 Å². The number of aromatic nitrogens is 6. The maximum atomic E-state index is 11.7. The first-order valence-electron chi connectivity index (χ1n) is 11.3. The number of aliphatic hydroxyl groups excluding tert-OH is 6. The second-order valence-corrected chi connectivity index (χ2v) is 8.73. The van der Waals surface area contributed by atoms with Gasteiger partial charge in [0.1, 0.15) is 42.4 Å². The molecule has 0 unspecified atom stereocenters. The minimum absolute atomic E-state index is 0.0388. The molecule has 5 heterocycles. The molecule has 0 aliphatic carbocycles. The van der Waals surface area contributed by atoms with Crippen molar-refractivity contribution in [3.8, 4) is 0 Å². The summed E-state index contributed by atoms with van der Waals surface area (Å²) in [5.41, 5.74) is 10.5. The Kier molecular flexibility index (Phi) is 7.76. The van der Waals surface area contributed by atoms with Crippen LogP contribution in [0.4, 0.5) is 11.8 Å². The molecule has 0 saturated carbocycles. The highest BCUT2D eigenvalue weighted by atomic mass is 16.6. The smallest absolute Gasteiger partial charge is 0.351 e. The molecule has 18 heteroatoms. The third-order valence-electron chi connectivity index (χ3n) is 6.21. The fraction of sp³-hybridized carbons (Fsp3) is 0.550. The van der Waals surface area contributed by atoms with Crippen molar-refractivity contribution in [1.29, 1.82) is 0 Å². The van der Waals surface area contributed by atoms with E-state index in [1.54, 1.807) is 6.92 Å². The third kappa shape index (κ3) is 4.86. The van der Waals surface area contributed by atoms with Crippen molar-refractivity contribution < 1.29 is 40.1 Å². The lowest BCUT2D eigenvalue weighted by atomic mass is 10.1. The van der Waals surface area contributed by atoms with Gasteiger partial charge in [0.05, 0.1) is 19.5 Å². The number of nitrogen functional groups attached to an aromatic ring is 2. The van der Waals surface area contributed by atoms with Gasteiger partial charge in [-0.05, 0) is 6.92 Å². The average Bonchev–Trinajstić information content (AvgIpc) is 3.51. The zero-order valence-corrected chi connectivity index (χ0v) is 19.9. The number of imidazole rings is 1. The summed E-state index contributed by atoms with van der Waals surface area (Å²) in [7, 11) is 0. The van der Waals surface area contributed by atoms with Gasteiger partial charge >= 0.3 is 5.69 Å². The van der Waals surface area contributed by atoms with Crippen LogP contribution in [-0.4, -0.2) is 110 Å². The summed E-state index contributed by atoms with van der Waals surface area (Å²) in [4.78, 5) is 37.0. The van der Waals surface area contributed by atoms with Crippen molar-refractivity contribution in [3.05, 3.63) is 38.9 Å². The van der Waals surface area contributed by atoms with Gasteiger partial charge in [-0.15, -0.1) is 0 Å². The summed E-state index contributed by atoms with van der Waals surface area (Å²) in [5.74, 6) is -0.000938. The lowest BCUT2D eigenvalue weighted by molar-refractivity contribution is -0.0550. The molecule has 8 atom stereocenters. The van der Waals surface area contributed by atoms with Crippen molar-refractivity contribution in [1.82, 2.24) is 29.1 Å². The first-order valence-corrected chi connectivity index (χ1v) is 11.3. The quantitative estimate of drug-likeness (QED) is 0.150. The van der Waals surface area contributed by atoms with Gasteiger partial charge < -0.3 is 51.6 Å². The Morgan fingerprint density at radius 3 is 2.00 bits per heavy atom. The first-order chi connectivity index (χ1) is 18.0. The molecule has 2 saturated heterocycles. The summed E-state index contributed by atoms with van der Waals surface area (Å²) in [6.45, 7) is 0.752. The number of hydrogen-bond acceptors (Lipinski definition) is 15. The van der Waals surface area contributed by atoms with Crippen molar-refractivity contribution in [2.75, 3.05) is 24.7 Å². The maximum Gasteiger partial charge on any atom is 0.351 e. The highest BCUT2D eigenvalue weighted by Gasteiger charge is 2.45. The van der Waals surface area contributed by atoms with Crippen LogP contribution in [0.25, 0.3) is 11.2 Å². The van der Waals surface area contributed by atoms with E-state index in [0.29, 0.717) is 5.56 Å². The molecule has 5 rings (SSSR count). The van der Waals surface area contributed by atoms with Crippen LogP contribution in [0.5, 0.6) is 0 Å². The Labute approximate surface area is 212 Å². The van der Waals surface area contributed by atoms with E-state index in [-0.39, 0.29) is 22.9 Å². The molecule has 3 aromatic heterocycles. The number of rotatable bonds is 4. The SMILES string of the molecule is Cc1cn([C@@H]2O[C@H](CO)[C@@H](O)[C@H]2O)c(=O)nc1N.Nc1nc2c(ncn2[C@@H]2O[C@H](CO)[C@@H](O)[C@H]2O)c(=O)[nH]1. The Balaban J connectivity index is 0.000000178. The number of aryl methyl sites for hydroxylation is 1. The van der Waals surface area contributed by atoms with E-state index in [9.17, 15) is 30.0 Å². The van der Waals surface area contributed by atoms with Crippen LogP contribution in [0.2, 0.25) is 0 Å². The Bertz CT molecular complexity index is 1410. The molecule has 11 N–H and O–H groups in total. The molecule has 2 aliphatic heterocycles. The number of aliphatic hydroxyl groups is 6. The Hall–Kier alpha value is -3.49. The molecule has 0 bridgehead atoms. The number of H-pyrrole nitrogens is 1. The van der Waals surface area contributed by atoms with Crippen LogP contribution < -0.4 is 22.7 Å². The van der Waals surface area contributed by atoms with Gasteiger partial charge in [-0.3, -0.25) is 18.9 Å². The van der Waals surface area contributed by atoms with Crippen molar-refractivity contribution >= 4 is 22.9 Å². The van der Waals surface area contributed by atoms with Crippen LogP contribution in [0.1, 0.15) is 18.0 Å². The summed E-state index contributed by atoms with van der Waals surface area (Å²) >= 11 is 0. The molecule has 0 radical (unpaired) electrons. The Morgan fingerprint density at radius 2 is 1.47 bits per heavy atom. The predicted molar refractivity (Wildman–Crippen MR) is 126 cm³/mol. The molecule has 0 aromatic carbocycles. The van der Waals surface area contributed by atoms with Gasteiger partial charge in [0.15, 0.2) is 23.6 Å². The number of nitrogens with two attached hydrogens (primary N) is 2. The number of nitrogens with zero attached hydrogens (tertiary/aromatic N) is 5. The number of hydrogen-bond donors (Lipinski definition) is 9. The maximum absolute atomic E-state index is 11.7. The number of fused-ring (bicyclic) bond motifs is 1. The fourth-order valence-corrected chi connectivity index (χ4v) is 4.11. The standard InChI is InChI=1S/C10H13N5O5.C10H15N3O5/c11-10-13-7-4(8(19)14-10)12-2-15(7)9-6(18)5(17)3(1-16)20-9;1-4-2-13(10(17)12-8(4)11)9-7(16)6(15)5(3-14)18-9/h2-3,5-6,9,16-18H,1H2,(H3,11,13,14,19);2,5-7,9,14-16H,3H2,1H3,(H2,11,12,17)/t3-,5-,6-,9-;5-,6-,7-,9-/m11/s1. The van der Waals surface area contributed by atoms with Gasteiger partial charge in [-0.25, -0.2) is 9.78 Å². The number of anilines is 2. The highest BCUT2D eigenvalue weighted by molar-refractivity contribution is 5.70. The monoisotopic (exact) mass is 540 g/mol. The van der Waals surface area contributed by atoms with Gasteiger partial charge in [-0.1, -0.05) is 0 Å². The Morgan fingerprint density at radius 1 is 0.921 bits per heavy atom. The normalized spacial score (nSPS) is 30.9. The predicted octanol–water partition coefficient (Wildman–Crippen LogP) is -4.94. The third-order valence-corrected chi connectivity index (χ3v) is 6.21. The van der Waals surface area contributed by atoms with Crippen LogP contribution in [0.3, 0.4) is 0 Å². The summed E-state index contributed by atoms with van der Waals surface area (Å²) < 4.78 is 12.9. The van der Waals surface area contributed by atoms with Gasteiger partial charge in [-0.2, -0.15) is 9.97 Å². The summed E-state index contributed by atoms with van der Waals surface area (Å²) in [6.07, 6.45) is -6.42. The van der Waals surface area contributed by atoms with Gasteiger partial charge in [0, 0.05) is 11.8 Å². The van der Waals surface area contributed by atoms with Crippen LogP contribution in [-0.2, 0) is 9.47 Å². The molecule has 3 aromatic rings. The fourth-order valence-electron chi connectivity index (χ4n) is 4.11. The zero-order chi connectivity index (χ0) is 27.9. The van der Waals surface area contributed by atoms with Crippen LogP contribution in [0.15, 0.2) is 22.1 Å².